The zero-order valence-electron chi connectivity index (χ0n) is 36.3. The molecule has 0 saturated carbocycles. The van der Waals surface area contributed by atoms with Crippen LogP contribution in [-0.2, 0) is 20.9 Å². The average molecular weight is 914 g/mol. The Morgan fingerprint density at radius 1 is 0.862 bits per heavy atom. The number of rotatable bonds is 15. The van der Waals surface area contributed by atoms with Crippen LogP contribution in [0.1, 0.15) is 134 Å². The molecule has 1 fully saturated rings. The highest BCUT2D eigenvalue weighted by atomic mass is 35.5. The van der Waals surface area contributed by atoms with Gasteiger partial charge in [-0.3, -0.25) is 48.5 Å². The molecule has 2 atom stereocenters. The lowest BCUT2D eigenvalue weighted by molar-refractivity contribution is -0.136. The summed E-state index contributed by atoms with van der Waals surface area (Å²) < 4.78 is 2.02. The number of carbonyl (C=O) groups excluding carboxylic acids is 6. The number of nitrogens with one attached hydrogen (secondary N) is 3. The van der Waals surface area contributed by atoms with Crippen LogP contribution in [0.4, 0.5) is 11.4 Å². The van der Waals surface area contributed by atoms with Gasteiger partial charge in [-0.05, 0) is 87.6 Å². The fraction of sp³-hybridized carbons (Fsp3) is 0.354. The molecule has 2 aromatic heterocycles. The van der Waals surface area contributed by atoms with E-state index in [2.05, 4.69) is 40.0 Å². The van der Waals surface area contributed by atoms with Crippen LogP contribution in [0.25, 0.3) is 5.00 Å². The maximum atomic E-state index is 13.8. The number of unbranched alkanes of at least 4 members (excludes halogenated alkanes) is 5. The van der Waals surface area contributed by atoms with Crippen LogP contribution in [0.15, 0.2) is 65.7 Å². The molecule has 3 N–H and O–H groups in total. The lowest BCUT2D eigenvalue weighted by Gasteiger charge is -2.27. The van der Waals surface area contributed by atoms with E-state index in [1.807, 2.05) is 52.8 Å². The van der Waals surface area contributed by atoms with Gasteiger partial charge in [-0.15, -0.1) is 21.5 Å². The number of hydrogen-bond acceptors (Lipinski definition) is 11. The van der Waals surface area contributed by atoms with Gasteiger partial charge in [-0.1, -0.05) is 61.5 Å². The Labute approximate surface area is 384 Å². The first-order chi connectivity index (χ1) is 31.4. The van der Waals surface area contributed by atoms with Crippen molar-refractivity contribution in [3.05, 3.63) is 121 Å². The Morgan fingerprint density at radius 3 is 2.42 bits per heavy atom. The number of piperidine rings is 1. The zero-order chi connectivity index (χ0) is 45.5. The summed E-state index contributed by atoms with van der Waals surface area (Å²) in [4.78, 5) is 87.1. The second kappa shape index (κ2) is 18.2. The monoisotopic (exact) mass is 913 g/mol. The zero-order valence-corrected chi connectivity index (χ0v) is 37.9. The fourth-order valence-corrected chi connectivity index (χ4v) is 10.5. The molecule has 0 bridgehead atoms. The fourth-order valence-electron chi connectivity index (χ4n) is 9.16. The summed E-state index contributed by atoms with van der Waals surface area (Å²) in [5.74, 6) is -1.09. The number of aromatic nitrogens is 3. The summed E-state index contributed by atoms with van der Waals surface area (Å²) in [6.45, 7) is 7.85. The van der Waals surface area contributed by atoms with Crippen molar-refractivity contribution >= 4 is 75.5 Å². The number of carbonyl (C=O) groups is 6. The van der Waals surface area contributed by atoms with Gasteiger partial charge in [-0.25, -0.2) is 0 Å². The van der Waals surface area contributed by atoms with Gasteiger partial charge in [0.1, 0.15) is 22.9 Å². The van der Waals surface area contributed by atoms with Crippen molar-refractivity contribution < 1.29 is 28.8 Å². The number of imide groups is 2. The summed E-state index contributed by atoms with van der Waals surface area (Å²) in [5, 5.41) is 19.1. The molecule has 0 aliphatic carbocycles. The van der Waals surface area contributed by atoms with Crippen molar-refractivity contribution in [3.63, 3.8) is 0 Å². The molecule has 4 aliphatic rings. The van der Waals surface area contributed by atoms with Gasteiger partial charge in [0, 0.05) is 64.0 Å². The molecule has 17 heteroatoms. The normalized spacial score (nSPS) is 17.7. The Bertz CT molecular complexity index is 2810. The third kappa shape index (κ3) is 8.48. The van der Waals surface area contributed by atoms with Gasteiger partial charge in [0.2, 0.25) is 17.7 Å². The minimum absolute atomic E-state index is 0.0148. The Morgan fingerprint density at radius 2 is 1.63 bits per heavy atom. The second-order valence-electron chi connectivity index (χ2n) is 17.0. The summed E-state index contributed by atoms with van der Waals surface area (Å²) in [7, 11) is 0. The van der Waals surface area contributed by atoms with Gasteiger partial charge < -0.3 is 15.5 Å². The lowest BCUT2D eigenvalue weighted by atomic mass is 9.99. The van der Waals surface area contributed by atoms with Crippen LogP contribution in [-0.4, -0.2) is 84.9 Å². The first-order valence-corrected chi connectivity index (χ1v) is 23.2. The quantitative estimate of drug-likeness (QED) is 0.0701. The van der Waals surface area contributed by atoms with E-state index in [0.29, 0.717) is 53.2 Å². The van der Waals surface area contributed by atoms with Crippen LogP contribution in [0.3, 0.4) is 0 Å². The topological polar surface area (TPSA) is 188 Å². The number of fused-ring (bicyclic) bond motifs is 5. The largest absolute Gasteiger partial charge is 0.384 e. The second-order valence-corrected chi connectivity index (χ2v) is 18.6. The van der Waals surface area contributed by atoms with E-state index in [9.17, 15) is 28.8 Å². The third-order valence-corrected chi connectivity index (χ3v) is 14.1. The van der Waals surface area contributed by atoms with E-state index < -0.39 is 35.7 Å². The van der Waals surface area contributed by atoms with Crippen molar-refractivity contribution in [2.45, 2.75) is 97.2 Å². The van der Waals surface area contributed by atoms with E-state index in [0.717, 1.165) is 81.3 Å². The third-order valence-electron chi connectivity index (χ3n) is 12.6. The summed E-state index contributed by atoms with van der Waals surface area (Å²) in [6, 6.07) is 16.5. The molecule has 1 saturated heterocycles. The summed E-state index contributed by atoms with van der Waals surface area (Å²) in [5.41, 5.74) is 6.90. The molecule has 334 valence electrons. The van der Waals surface area contributed by atoms with Gasteiger partial charge >= 0.3 is 0 Å². The van der Waals surface area contributed by atoms with Crippen molar-refractivity contribution in [2.24, 2.45) is 4.99 Å². The number of aryl methyl sites for hydroxylation is 2. The number of nitrogens with zero attached hydrogens (tertiary/aromatic N) is 6. The minimum atomic E-state index is -1.00. The van der Waals surface area contributed by atoms with Crippen LogP contribution in [0.2, 0.25) is 5.02 Å². The molecule has 0 spiro atoms. The SMILES string of the molecule is Cc1sc2c(c1C)C(c1ccc(Cl)cc1)=N[C@@H](CC(=O)Nc1ccc3c(c1)C(=O)N(CCCCCCCCNc1cccc4c1C(=O)N(C1CCC(=O)NC1=O)C4=O)C3)c1nnc(C)n1-2. The minimum Gasteiger partial charge on any atom is -0.384 e. The highest BCUT2D eigenvalue weighted by molar-refractivity contribution is 7.15. The number of benzene rings is 3. The molecule has 0 radical (unpaired) electrons. The smallest absolute Gasteiger partial charge is 0.264 e. The van der Waals surface area contributed by atoms with Gasteiger partial charge in [0.15, 0.2) is 5.82 Å². The van der Waals surface area contributed by atoms with E-state index in [1.165, 1.54) is 0 Å². The summed E-state index contributed by atoms with van der Waals surface area (Å²) >= 11 is 7.91. The Balaban J connectivity index is 0.742. The predicted octanol–water partition coefficient (Wildman–Crippen LogP) is 7.64. The standard InChI is InChI=1S/C48H48ClN9O6S/c1-26-27(2)65-48-40(26)42(29-13-16-31(49)17-14-29)52-36(43-55-54-28(3)57(43)48)24-39(60)51-32-18-15-30-25-56(45(62)34(30)23-32)22-9-7-5-4-6-8-21-50-35-12-10-11-33-41(35)47(64)58(46(33)63)37-19-20-38(59)53-44(37)61/h10-18,23,36-37,50H,4-9,19-22,24-25H2,1-3H3,(H,51,60)(H,53,59,61)/t36-,37?/m0/s1. The van der Waals surface area contributed by atoms with Crippen LogP contribution in [0.5, 0.6) is 0 Å². The average Bonchev–Trinajstić information content (AvgIpc) is 3.96. The van der Waals surface area contributed by atoms with Crippen molar-refractivity contribution in [1.82, 2.24) is 29.9 Å². The summed E-state index contributed by atoms with van der Waals surface area (Å²) in [6.07, 6.45) is 5.87. The Hall–Kier alpha value is -6.52. The number of amides is 6. The molecule has 6 amide bonds. The molecule has 3 aromatic carbocycles. The first-order valence-electron chi connectivity index (χ1n) is 22.0. The number of hydrogen-bond donors (Lipinski definition) is 3. The number of anilines is 2. The van der Waals surface area contributed by atoms with Crippen LogP contribution >= 0.6 is 22.9 Å². The van der Waals surface area contributed by atoms with Crippen molar-refractivity contribution in [3.8, 4) is 5.00 Å². The van der Waals surface area contributed by atoms with E-state index >= 15 is 0 Å². The van der Waals surface area contributed by atoms with Crippen LogP contribution < -0.4 is 16.0 Å². The molecular weight excluding hydrogens is 866 g/mol. The van der Waals surface area contributed by atoms with Crippen molar-refractivity contribution in [2.75, 3.05) is 23.7 Å². The van der Waals surface area contributed by atoms with E-state index in [1.54, 1.807) is 35.6 Å². The lowest BCUT2D eigenvalue weighted by Crippen LogP contribution is -2.54. The highest BCUT2D eigenvalue weighted by Gasteiger charge is 2.45. The molecule has 5 aromatic rings. The maximum Gasteiger partial charge on any atom is 0.264 e. The molecule has 15 nitrogen and oxygen atoms in total. The maximum absolute atomic E-state index is 13.8. The highest BCUT2D eigenvalue weighted by Crippen LogP contribution is 2.40. The van der Waals surface area contributed by atoms with Gasteiger partial charge in [0.05, 0.1) is 23.3 Å². The number of halogens is 1. The molecule has 1 unspecified atom stereocenters. The molecule has 65 heavy (non-hydrogen) atoms. The number of aliphatic imine (C=N–C) groups is 1. The van der Waals surface area contributed by atoms with Crippen LogP contribution in [0, 0.1) is 20.8 Å². The van der Waals surface area contributed by atoms with Gasteiger partial charge in [0.25, 0.3) is 17.7 Å². The molecule has 9 rings (SSSR count). The van der Waals surface area contributed by atoms with Crippen molar-refractivity contribution in [1.29, 1.82) is 0 Å². The molecule has 4 aliphatic heterocycles. The predicted molar refractivity (Wildman–Crippen MR) is 247 cm³/mol. The first kappa shape index (κ1) is 43.7. The Kier molecular flexibility index (Phi) is 12.2. The van der Waals surface area contributed by atoms with E-state index in [-0.39, 0.29) is 42.2 Å². The molecular formula is C48H48ClN9O6S. The van der Waals surface area contributed by atoms with E-state index in [4.69, 9.17) is 16.6 Å². The number of thiophene rings is 1. The molecule has 6 heterocycles. The van der Waals surface area contributed by atoms with Gasteiger partial charge in [-0.2, -0.15) is 0 Å².